The summed E-state index contributed by atoms with van der Waals surface area (Å²) < 4.78 is 0. The number of nitrogens with two attached hydrogens (primary N) is 1. The van der Waals surface area contributed by atoms with Gasteiger partial charge in [0.15, 0.2) is 0 Å². The van der Waals surface area contributed by atoms with Crippen LogP contribution in [0.2, 0.25) is 0 Å². The number of rotatable bonds is 1. The Morgan fingerprint density at radius 3 is 2.11 bits per heavy atom. The minimum atomic E-state index is -0.408. The predicted molar refractivity (Wildman–Crippen MR) is 40.2 cm³/mol. The van der Waals surface area contributed by atoms with Gasteiger partial charge in [-0.2, -0.15) is 0 Å². The Labute approximate surface area is 62.7 Å². The average Bonchev–Trinajstić information content (AvgIpc) is 1.63. The van der Waals surface area contributed by atoms with Crippen molar-refractivity contribution in [3.8, 4) is 0 Å². The SMILES string of the molecule is C=C(Cl)C(N)=NC(=N)Cl. The quantitative estimate of drug-likeness (QED) is 0.344. The molecule has 0 unspecified atom stereocenters. The summed E-state index contributed by atoms with van der Waals surface area (Å²) in [5, 5.41) is 6.29. The number of nitrogens with one attached hydrogen (secondary N) is 1. The van der Waals surface area contributed by atoms with Crippen LogP contribution in [0.5, 0.6) is 0 Å². The summed E-state index contributed by atoms with van der Waals surface area (Å²) in [6.07, 6.45) is 0. The van der Waals surface area contributed by atoms with E-state index in [1.165, 1.54) is 0 Å². The van der Waals surface area contributed by atoms with Crippen molar-refractivity contribution in [1.29, 1.82) is 5.41 Å². The molecule has 0 aliphatic carbocycles. The predicted octanol–water partition coefficient (Wildman–Crippen LogP) is 1.27. The summed E-state index contributed by atoms with van der Waals surface area (Å²) in [6.45, 7) is 3.26. The first-order valence-corrected chi connectivity index (χ1v) is 2.72. The lowest BCUT2D eigenvalue weighted by Gasteiger charge is -1.91. The second-order valence-corrected chi connectivity index (χ2v) is 2.01. The molecule has 0 heterocycles. The van der Waals surface area contributed by atoms with Gasteiger partial charge in [0.2, 0.25) is 5.29 Å². The van der Waals surface area contributed by atoms with Crippen LogP contribution in [0.25, 0.3) is 0 Å². The maximum atomic E-state index is 6.62. The minimum absolute atomic E-state index is 0.0309. The van der Waals surface area contributed by atoms with Crippen LogP contribution in [-0.2, 0) is 0 Å². The normalized spacial score (nSPS) is 11.1. The van der Waals surface area contributed by atoms with Gasteiger partial charge in [-0.3, -0.25) is 5.41 Å². The van der Waals surface area contributed by atoms with Crippen molar-refractivity contribution in [2.45, 2.75) is 0 Å². The lowest BCUT2D eigenvalue weighted by atomic mass is 10.6. The molecule has 9 heavy (non-hydrogen) atoms. The minimum Gasteiger partial charge on any atom is -0.382 e. The molecule has 0 bridgehead atoms. The summed E-state index contributed by atoms with van der Waals surface area (Å²) in [4.78, 5) is 3.29. The molecule has 0 aromatic carbocycles. The molecule has 0 atom stereocenters. The molecule has 0 aromatic heterocycles. The fraction of sp³-hybridized carbons (Fsp3) is 0. The van der Waals surface area contributed by atoms with E-state index < -0.39 is 5.29 Å². The van der Waals surface area contributed by atoms with Crippen molar-refractivity contribution >= 4 is 34.3 Å². The number of hydrogen-bond acceptors (Lipinski definition) is 1. The van der Waals surface area contributed by atoms with E-state index in [0.717, 1.165) is 0 Å². The van der Waals surface area contributed by atoms with E-state index >= 15 is 0 Å². The summed E-state index contributed by atoms with van der Waals surface area (Å²) in [5.74, 6) is -0.0309. The monoisotopic (exact) mass is 165 g/mol. The Morgan fingerprint density at radius 1 is 1.56 bits per heavy atom. The average molecular weight is 166 g/mol. The van der Waals surface area contributed by atoms with Gasteiger partial charge in [0.1, 0.15) is 5.84 Å². The van der Waals surface area contributed by atoms with Crippen LogP contribution in [0.1, 0.15) is 0 Å². The van der Waals surface area contributed by atoms with Crippen LogP contribution in [-0.4, -0.2) is 11.1 Å². The highest BCUT2D eigenvalue weighted by Gasteiger charge is 1.93. The highest BCUT2D eigenvalue weighted by atomic mass is 35.5. The number of nitrogens with zero attached hydrogens (tertiary/aromatic N) is 1. The van der Waals surface area contributed by atoms with E-state index in [4.69, 9.17) is 34.3 Å². The molecule has 0 aliphatic heterocycles. The molecule has 0 aliphatic rings. The van der Waals surface area contributed by atoms with E-state index in [-0.39, 0.29) is 10.9 Å². The van der Waals surface area contributed by atoms with Crippen molar-refractivity contribution in [3.63, 3.8) is 0 Å². The molecule has 0 rings (SSSR count). The van der Waals surface area contributed by atoms with Crippen molar-refractivity contribution in [3.05, 3.63) is 11.6 Å². The van der Waals surface area contributed by atoms with E-state index in [2.05, 4.69) is 11.6 Å². The fourth-order valence-corrected chi connectivity index (χ4v) is 0.300. The molecule has 0 saturated heterocycles. The van der Waals surface area contributed by atoms with Gasteiger partial charge < -0.3 is 5.73 Å². The molecular weight excluding hydrogens is 161 g/mol. The topological polar surface area (TPSA) is 62.2 Å². The third-order valence-electron chi connectivity index (χ3n) is 0.497. The van der Waals surface area contributed by atoms with Crippen LogP contribution in [0.3, 0.4) is 0 Å². The van der Waals surface area contributed by atoms with E-state index in [9.17, 15) is 0 Å². The molecule has 0 amide bonds. The molecule has 0 aromatic rings. The Hall–Kier alpha value is -0.540. The number of aliphatic imine (C=N–C) groups is 1. The summed E-state index contributed by atoms with van der Waals surface area (Å²) in [7, 11) is 0. The third-order valence-corrected chi connectivity index (χ3v) is 0.775. The van der Waals surface area contributed by atoms with Gasteiger partial charge in [-0.05, 0) is 11.6 Å². The summed E-state index contributed by atoms with van der Waals surface area (Å²) in [6, 6.07) is 0. The van der Waals surface area contributed by atoms with Crippen molar-refractivity contribution in [1.82, 2.24) is 0 Å². The first-order valence-electron chi connectivity index (χ1n) is 1.97. The molecule has 5 heteroatoms. The lowest BCUT2D eigenvalue weighted by Crippen LogP contribution is -2.11. The maximum absolute atomic E-state index is 6.62. The van der Waals surface area contributed by atoms with Gasteiger partial charge in [-0.25, -0.2) is 4.99 Å². The molecule has 0 radical (unpaired) electrons. The number of amidine groups is 2. The standard InChI is InChI=1S/C4H5Cl2N3/c1-2(5)3(7)9-4(6)8/h1H2,(H3,7,8,9). The van der Waals surface area contributed by atoms with Gasteiger partial charge in [0.25, 0.3) is 0 Å². The van der Waals surface area contributed by atoms with Crippen molar-refractivity contribution < 1.29 is 0 Å². The zero-order chi connectivity index (χ0) is 7.44. The van der Waals surface area contributed by atoms with Crippen LogP contribution >= 0.6 is 23.2 Å². The molecule has 50 valence electrons. The van der Waals surface area contributed by atoms with Gasteiger partial charge in [-0.1, -0.05) is 18.2 Å². The zero-order valence-electron chi connectivity index (χ0n) is 4.49. The molecule has 0 saturated carbocycles. The number of hydrogen-bond donors (Lipinski definition) is 2. The summed E-state index contributed by atoms with van der Waals surface area (Å²) >= 11 is 10.3. The second kappa shape index (κ2) is 3.48. The second-order valence-electron chi connectivity index (χ2n) is 1.19. The lowest BCUT2D eigenvalue weighted by molar-refractivity contribution is 1.47. The van der Waals surface area contributed by atoms with Crippen molar-refractivity contribution in [2.24, 2.45) is 10.7 Å². The molecule has 0 fully saturated rings. The van der Waals surface area contributed by atoms with E-state index in [0.29, 0.717) is 0 Å². The highest BCUT2D eigenvalue weighted by molar-refractivity contribution is 6.65. The summed E-state index contributed by atoms with van der Waals surface area (Å²) in [5.41, 5.74) is 5.11. The fourth-order valence-electron chi connectivity index (χ4n) is 0.166. The molecule has 3 N–H and O–H groups in total. The van der Waals surface area contributed by atoms with Gasteiger partial charge in [0.05, 0.1) is 5.03 Å². The Morgan fingerprint density at radius 2 is 2.00 bits per heavy atom. The molecule has 0 spiro atoms. The smallest absolute Gasteiger partial charge is 0.216 e. The highest BCUT2D eigenvalue weighted by Crippen LogP contribution is 1.96. The van der Waals surface area contributed by atoms with Crippen LogP contribution in [0.15, 0.2) is 16.6 Å². The maximum Gasteiger partial charge on any atom is 0.216 e. The Balaban J connectivity index is 4.17. The first kappa shape index (κ1) is 8.46. The van der Waals surface area contributed by atoms with Crippen molar-refractivity contribution in [2.75, 3.05) is 0 Å². The van der Waals surface area contributed by atoms with E-state index in [1.807, 2.05) is 0 Å². The first-order chi connectivity index (χ1) is 4.04. The molecular formula is C4H5Cl2N3. The zero-order valence-corrected chi connectivity index (χ0v) is 6.00. The van der Waals surface area contributed by atoms with Gasteiger partial charge in [0, 0.05) is 0 Å². The Kier molecular flexibility index (Phi) is 3.27. The van der Waals surface area contributed by atoms with Crippen LogP contribution < -0.4 is 5.73 Å². The molecule has 3 nitrogen and oxygen atoms in total. The van der Waals surface area contributed by atoms with E-state index in [1.54, 1.807) is 0 Å². The third kappa shape index (κ3) is 4.00. The van der Waals surface area contributed by atoms with Crippen LogP contribution in [0, 0.1) is 5.41 Å². The Bertz CT molecular complexity index is 173. The van der Waals surface area contributed by atoms with Crippen LogP contribution in [0.4, 0.5) is 0 Å². The van der Waals surface area contributed by atoms with Gasteiger partial charge >= 0.3 is 0 Å². The largest absolute Gasteiger partial charge is 0.382 e. The van der Waals surface area contributed by atoms with Gasteiger partial charge in [-0.15, -0.1) is 0 Å². The number of halogens is 2.